The van der Waals surface area contributed by atoms with E-state index in [1.165, 1.54) is 5.01 Å². The Kier molecular flexibility index (Phi) is 7.19. The molecule has 0 radical (unpaired) electrons. The van der Waals surface area contributed by atoms with Crippen LogP contribution in [-0.4, -0.2) is 81.2 Å². The third kappa shape index (κ3) is 5.55. The maximum atomic E-state index is 12.8. The zero-order chi connectivity index (χ0) is 22.6. The summed E-state index contributed by atoms with van der Waals surface area (Å²) in [6, 6.07) is 5.27. The molecule has 0 aromatic heterocycles. The van der Waals surface area contributed by atoms with Crippen LogP contribution in [0.1, 0.15) is 31.2 Å². The van der Waals surface area contributed by atoms with Gasteiger partial charge >= 0.3 is 0 Å². The van der Waals surface area contributed by atoms with Crippen molar-refractivity contribution in [3.63, 3.8) is 0 Å². The minimum atomic E-state index is -3.15. The monoisotopic (exact) mass is 451 g/mol. The number of carbonyl (C=O) groups is 2. The van der Waals surface area contributed by atoms with E-state index in [9.17, 15) is 18.0 Å². The Bertz CT molecular complexity index is 975. The lowest BCUT2D eigenvalue weighted by molar-refractivity contribution is -0.134. The van der Waals surface area contributed by atoms with Crippen molar-refractivity contribution in [2.75, 3.05) is 39.3 Å². The SMILES string of the molecule is COc1ccc(CCCN(C)C(=O)C2=NN([C@@H]3CCS(=O)(=O)C3)C(=O)CC2)cc1OC. The fourth-order valence-electron chi connectivity index (χ4n) is 3.86. The summed E-state index contributed by atoms with van der Waals surface area (Å²) in [5.74, 6) is 0.837. The number of hydrogen-bond donors (Lipinski definition) is 0. The fraction of sp³-hybridized carbons (Fsp3) is 0.571. The zero-order valence-corrected chi connectivity index (χ0v) is 19.0. The number of hydrazone groups is 1. The number of nitrogens with zero attached hydrogens (tertiary/aromatic N) is 3. The van der Waals surface area contributed by atoms with Gasteiger partial charge in [-0.05, 0) is 37.0 Å². The zero-order valence-electron chi connectivity index (χ0n) is 18.2. The van der Waals surface area contributed by atoms with Gasteiger partial charge in [0.05, 0.1) is 31.8 Å². The van der Waals surface area contributed by atoms with Crippen LogP contribution in [0.5, 0.6) is 11.5 Å². The van der Waals surface area contributed by atoms with E-state index in [1.807, 2.05) is 18.2 Å². The molecule has 170 valence electrons. The van der Waals surface area contributed by atoms with Crippen molar-refractivity contribution in [3.05, 3.63) is 23.8 Å². The van der Waals surface area contributed by atoms with Gasteiger partial charge in [0.15, 0.2) is 21.3 Å². The number of ether oxygens (including phenoxy) is 2. The Hall–Kier alpha value is -2.62. The molecule has 10 heteroatoms. The normalized spacial score (nSPS) is 20.4. The van der Waals surface area contributed by atoms with Gasteiger partial charge in [0.25, 0.3) is 5.91 Å². The molecule has 31 heavy (non-hydrogen) atoms. The van der Waals surface area contributed by atoms with E-state index in [0.29, 0.717) is 30.2 Å². The van der Waals surface area contributed by atoms with E-state index in [2.05, 4.69) is 5.10 Å². The van der Waals surface area contributed by atoms with Crippen LogP contribution in [-0.2, 0) is 25.8 Å². The molecule has 0 bridgehead atoms. The number of hydrogen-bond acceptors (Lipinski definition) is 7. The standard InChI is InChI=1S/C21H29N3O6S/c1-23(11-4-5-15-6-8-18(29-2)19(13-15)30-3)21(26)17-7-9-20(25)24(22-17)16-10-12-31(27,28)14-16/h6,8,13,16H,4-5,7,9-12,14H2,1-3H3/t16-/m1/s1. The molecule has 0 saturated carbocycles. The Labute approximate surface area is 182 Å². The van der Waals surface area contributed by atoms with Crippen molar-refractivity contribution >= 4 is 27.4 Å². The second-order valence-electron chi connectivity index (χ2n) is 7.86. The minimum Gasteiger partial charge on any atom is -0.493 e. The molecule has 0 aliphatic carbocycles. The first-order valence-corrected chi connectivity index (χ1v) is 12.1. The van der Waals surface area contributed by atoms with Gasteiger partial charge < -0.3 is 14.4 Å². The third-order valence-electron chi connectivity index (χ3n) is 5.61. The van der Waals surface area contributed by atoms with Gasteiger partial charge in [-0.15, -0.1) is 0 Å². The smallest absolute Gasteiger partial charge is 0.269 e. The Morgan fingerprint density at radius 3 is 2.61 bits per heavy atom. The lowest BCUT2D eigenvalue weighted by atomic mass is 10.1. The summed E-state index contributed by atoms with van der Waals surface area (Å²) < 4.78 is 34.1. The van der Waals surface area contributed by atoms with Crippen molar-refractivity contribution in [2.24, 2.45) is 5.10 Å². The summed E-state index contributed by atoms with van der Waals surface area (Å²) in [6.07, 6.45) is 2.30. The number of rotatable bonds is 8. The van der Waals surface area contributed by atoms with Gasteiger partial charge in [-0.25, -0.2) is 13.4 Å². The highest BCUT2D eigenvalue weighted by Gasteiger charge is 2.37. The number of aryl methyl sites for hydroxylation is 1. The number of methoxy groups -OCH3 is 2. The topological polar surface area (TPSA) is 106 Å². The average Bonchev–Trinajstić information content (AvgIpc) is 3.12. The van der Waals surface area contributed by atoms with Crippen LogP contribution < -0.4 is 9.47 Å². The second-order valence-corrected chi connectivity index (χ2v) is 10.1. The molecule has 2 aliphatic rings. The molecule has 2 aliphatic heterocycles. The highest BCUT2D eigenvalue weighted by molar-refractivity contribution is 7.91. The molecule has 0 spiro atoms. The van der Waals surface area contributed by atoms with Crippen molar-refractivity contribution in [3.8, 4) is 11.5 Å². The minimum absolute atomic E-state index is 0.0519. The van der Waals surface area contributed by atoms with Gasteiger partial charge in [-0.2, -0.15) is 5.10 Å². The highest BCUT2D eigenvalue weighted by atomic mass is 32.2. The van der Waals surface area contributed by atoms with Crippen LogP contribution in [0.2, 0.25) is 0 Å². The lowest BCUT2D eigenvalue weighted by Crippen LogP contribution is -2.44. The maximum Gasteiger partial charge on any atom is 0.269 e. The number of sulfone groups is 1. The molecule has 2 heterocycles. The van der Waals surface area contributed by atoms with E-state index >= 15 is 0 Å². The number of benzene rings is 1. The van der Waals surface area contributed by atoms with Crippen molar-refractivity contribution in [1.29, 1.82) is 0 Å². The Balaban J connectivity index is 1.58. The van der Waals surface area contributed by atoms with E-state index in [-0.39, 0.29) is 36.2 Å². The summed E-state index contributed by atoms with van der Waals surface area (Å²) in [4.78, 5) is 26.7. The molecule has 3 rings (SSSR count). The van der Waals surface area contributed by atoms with Crippen LogP contribution in [0.4, 0.5) is 0 Å². The summed E-state index contributed by atoms with van der Waals surface area (Å²) in [5.41, 5.74) is 1.38. The van der Waals surface area contributed by atoms with Crippen molar-refractivity contribution in [2.45, 2.75) is 38.1 Å². The molecule has 0 unspecified atom stereocenters. The Morgan fingerprint density at radius 1 is 1.23 bits per heavy atom. The van der Waals surface area contributed by atoms with Crippen LogP contribution in [0.15, 0.2) is 23.3 Å². The molecular formula is C21H29N3O6S. The second kappa shape index (κ2) is 9.67. The van der Waals surface area contributed by atoms with Gasteiger partial charge in [0.1, 0.15) is 5.71 Å². The predicted molar refractivity (Wildman–Crippen MR) is 116 cm³/mol. The van der Waals surface area contributed by atoms with E-state index in [4.69, 9.17) is 9.47 Å². The van der Waals surface area contributed by atoms with E-state index in [1.54, 1.807) is 26.2 Å². The quantitative estimate of drug-likeness (QED) is 0.589. The summed E-state index contributed by atoms with van der Waals surface area (Å²) >= 11 is 0. The van der Waals surface area contributed by atoms with Crippen LogP contribution in [0, 0.1) is 0 Å². The van der Waals surface area contributed by atoms with E-state index < -0.39 is 15.9 Å². The first-order chi connectivity index (χ1) is 14.7. The van der Waals surface area contributed by atoms with Gasteiger partial charge in [0.2, 0.25) is 5.91 Å². The summed E-state index contributed by atoms with van der Waals surface area (Å²) in [7, 11) is 1.74. The number of amides is 2. The molecule has 1 saturated heterocycles. The molecule has 1 atom stereocenters. The molecule has 0 N–H and O–H groups in total. The lowest BCUT2D eigenvalue weighted by Gasteiger charge is -2.29. The van der Waals surface area contributed by atoms with Crippen molar-refractivity contribution < 1.29 is 27.5 Å². The average molecular weight is 452 g/mol. The predicted octanol–water partition coefficient (Wildman–Crippen LogP) is 1.26. The first kappa shape index (κ1) is 23.1. The molecule has 1 fully saturated rings. The molecular weight excluding hydrogens is 422 g/mol. The Morgan fingerprint density at radius 2 is 1.97 bits per heavy atom. The van der Waals surface area contributed by atoms with Gasteiger partial charge in [0, 0.05) is 26.4 Å². The van der Waals surface area contributed by atoms with Crippen LogP contribution in [0.3, 0.4) is 0 Å². The summed E-state index contributed by atoms with van der Waals surface area (Å²) in [6.45, 7) is 0.526. The van der Waals surface area contributed by atoms with Gasteiger partial charge in [-0.1, -0.05) is 6.07 Å². The first-order valence-electron chi connectivity index (χ1n) is 10.3. The molecule has 1 aromatic rings. The van der Waals surface area contributed by atoms with Crippen molar-refractivity contribution in [1.82, 2.24) is 9.91 Å². The molecule has 9 nitrogen and oxygen atoms in total. The fourth-order valence-corrected chi connectivity index (χ4v) is 5.55. The van der Waals surface area contributed by atoms with Crippen LogP contribution in [0.25, 0.3) is 0 Å². The van der Waals surface area contributed by atoms with Gasteiger partial charge in [-0.3, -0.25) is 9.59 Å². The summed E-state index contributed by atoms with van der Waals surface area (Å²) in [5, 5.41) is 5.47. The largest absolute Gasteiger partial charge is 0.493 e. The van der Waals surface area contributed by atoms with Crippen LogP contribution >= 0.6 is 0 Å². The number of carbonyl (C=O) groups excluding carboxylic acids is 2. The molecule has 2 amide bonds. The maximum absolute atomic E-state index is 12.8. The molecule has 1 aromatic carbocycles. The third-order valence-corrected chi connectivity index (χ3v) is 7.36. The highest BCUT2D eigenvalue weighted by Crippen LogP contribution is 2.28. The van der Waals surface area contributed by atoms with E-state index in [0.717, 1.165) is 18.4 Å².